The molecule has 1 aromatic heterocycles. The summed E-state index contributed by atoms with van der Waals surface area (Å²) in [6, 6.07) is 3.59. The van der Waals surface area contributed by atoms with Crippen LogP contribution in [0.15, 0.2) is 12.3 Å². The second kappa shape index (κ2) is 5.85. The average molecular weight is 252 g/mol. The van der Waals surface area contributed by atoms with Crippen molar-refractivity contribution in [2.45, 2.75) is 12.8 Å². The maximum Gasteiger partial charge on any atom is 0.233 e. The molecule has 2 rings (SSSR count). The molecule has 1 unspecified atom stereocenters. The Kier molecular flexibility index (Phi) is 4.18. The van der Waals surface area contributed by atoms with Crippen LogP contribution in [0.2, 0.25) is 5.02 Å². The molecular weight excluding hydrogens is 238 g/mol. The number of hydrogen-bond acceptors (Lipinski definition) is 4. The van der Waals surface area contributed by atoms with Crippen molar-refractivity contribution < 1.29 is 4.74 Å². The average Bonchev–Trinajstić information content (AvgIpc) is 2.39. The molecule has 90 valence electrons. The van der Waals surface area contributed by atoms with Crippen LogP contribution in [-0.2, 0) is 0 Å². The molecular formula is C12H14ClN3O. The fourth-order valence-corrected chi connectivity index (χ4v) is 2.08. The Morgan fingerprint density at radius 2 is 2.53 bits per heavy atom. The molecule has 0 spiro atoms. The molecule has 0 aliphatic carbocycles. The lowest BCUT2D eigenvalue weighted by molar-refractivity contribution is 0.212. The molecule has 1 aliphatic rings. The van der Waals surface area contributed by atoms with Crippen LogP contribution in [0.4, 0.5) is 0 Å². The lowest BCUT2D eigenvalue weighted by Crippen LogP contribution is -2.33. The third-order valence-corrected chi connectivity index (χ3v) is 3.20. The summed E-state index contributed by atoms with van der Waals surface area (Å²) in [5.41, 5.74) is 0.401. The molecule has 1 N–H and O–H groups in total. The molecule has 0 bridgehead atoms. The normalized spacial score (nSPS) is 19.6. The number of nitriles is 1. The standard InChI is InChI=1S/C12H14ClN3O/c13-11-10(6-14)3-5-16-12(11)17-8-9-2-1-4-15-7-9/h3,5,9,15H,1-2,4,7-8H2. The first-order valence-electron chi connectivity index (χ1n) is 5.69. The Bertz CT molecular complexity index is 424. The van der Waals surface area contributed by atoms with Gasteiger partial charge in [-0.05, 0) is 25.5 Å². The Hall–Kier alpha value is -1.31. The van der Waals surface area contributed by atoms with E-state index in [-0.39, 0.29) is 0 Å². The predicted molar refractivity (Wildman–Crippen MR) is 65.1 cm³/mol. The van der Waals surface area contributed by atoms with Gasteiger partial charge in [0.25, 0.3) is 0 Å². The van der Waals surface area contributed by atoms with Crippen molar-refractivity contribution in [3.63, 3.8) is 0 Å². The zero-order chi connectivity index (χ0) is 12.1. The Balaban J connectivity index is 1.96. The van der Waals surface area contributed by atoms with Crippen LogP contribution in [0.5, 0.6) is 5.88 Å². The summed E-state index contributed by atoms with van der Waals surface area (Å²) in [6.45, 7) is 2.64. The molecule has 17 heavy (non-hydrogen) atoms. The Labute approximate surface area is 106 Å². The molecule has 0 saturated carbocycles. The topological polar surface area (TPSA) is 57.9 Å². The molecule has 1 fully saturated rings. The van der Waals surface area contributed by atoms with Crippen molar-refractivity contribution in [1.82, 2.24) is 10.3 Å². The van der Waals surface area contributed by atoms with Crippen LogP contribution in [-0.4, -0.2) is 24.7 Å². The van der Waals surface area contributed by atoms with Gasteiger partial charge in [0, 0.05) is 18.7 Å². The molecule has 5 heteroatoms. The molecule has 4 nitrogen and oxygen atoms in total. The number of hydrogen-bond donors (Lipinski definition) is 1. The van der Waals surface area contributed by atoms with Crippen molar-refractivity contribution in [2.24, 2.45) is 5.92 Å². The first-order chi connectivity index (χ1) is 8.31. The summed E-state index contributed by atoms with van der Waals surface area (Å²) < 4.78 is 5.58. The molecule has 0 radical (unpaired) electrons. The van der Waals surface area contributed by atoms with Crippen LogP contribution >= 0.6 is 11.6 Å². The number of nitrogens with one attached hydrogen (secondary N) is 1. The van der Waals surface area contributed by atoms with Gasteiger partial charge in [0.2, 0.25) is 5.88 Å². The minimum Gasteiger partial charge on any atom is -0.476 e. The zero-order valence-corrected chi connectivity index (χ0v) is 10.2. The maximum absolute atomic E-state index is 8.83. The number of piperidine rings is 1. The van der Waals surface area contributed by atoms with Crippen LogP contribution in [0.1, 0.15) is 18.4 Å². The van der Waals surface area contributed by atoms with E-state index in [0.717, 1.165) is 19.5 Å². The van der Waals surface area contributed by atoms with Gasteiger partial charge >= 0.3 is 0 Å². The highest BCUT2D eigenvalue weighted by molar-refractivity contribution is 6.32. The zero-order valence-electron chi connectivity index (χ0n) is 9.45. The Morgan fingerprint density at radius 3 is 3.24 bits per heavy atom. The molecule has 0 aromatic carbocycles. The number of ether oxygens (including phenoxy) is 1. The van der Waals surface area contributed by atoms with E-state index in [1.54, 1.807) is 12.3 Å². The van der Waals surface area contributed by atoms with E-state index in [1.165, 1.54) is 6.42 Å². The fraction of sp³-hybridized carbons (Fsp3) is 0.500. The van der Waals surface area contributed by atoms with E-state index in [2.05, 4.69) is 10.3 Å². The third kappa shape index (κ3) is 3.09. The Morgan fingerprint density at radius 1 is 1.65 bits per heavy atom. The molecule has 1 atom stereocenters. The molecule has 0 amide bonds. The number of pyridine rings is 1. The highest BCUT2D eigenvalue weighted by Gasteiger charge is 2.15. The predicted octanol–water partition coefficient (Wildman–Crippen LogP) is 1.99. The van der Waals surface area contributed by atoms with Gasteiger partial charge in [-0.15, -0.1) is 0 Å². The smallest absolute Gasteiger partial charge is 0.233 e. The van der Waals surface area contributed by atoms with Crippen LogP contribution in [0, 0.1) is 17.2 Å². The summed E-state index contributed by atoms with van der Waals surface area (Å²) in [5, 5.41) is 12.5. The van der Waals surface area contributed by atoms with Gasteiger partial charge < -0.3 is 10.1 Å². The van der Waals surface area contributed by atoms with Crippen molar-refractivity contribution in [2.75, 3.05) is 19.7 Å². The van der Waals surface area contributed by atoms with Gasteiger partial charge in [-0.3, -0.25) is 0 Å². The SMILES string of the molecule is N#Cc1ccnc(OCC2CCCNC2)c1Cl. The second-order valence-electron chi connectivity index (χ2n) is 4.11. The number of rotatable bonds is 3. The summed E-state index contributed by atoms with van der Waals surface area (Å²) >= 11 is 6.00. The quantitative estimate of drug-likeness (QED) is 0.893. The highest BCUT2D eigenvalue weighted by Crippen LogP contribution is 2.25. The van der Waals surface area contributed by atoms with E-state index >= 15 is 0 Å². The second-order valence-corrected chi connectivity index (χ2v) is 4.49. The number of aromatic nitrogens is 1. The van der Waals surface area contributed by atoms with Crippen molar-refractivity contribution >= 4 is 11.6 Å². The largest absolute Gasteiger partial charge is 0.476 e. The lowest BCUT2D eigenvalue weighted by atomic mass is 10.0. The van der Waals surface area contributed by atoms with Gasteiger partial charge in [0.05, 0.1) is 12.2 Å². The van der Waals surface area contributed by atoms with E-state index in [9.17, 15) is 0 Å². The van der Waals surface area contributed by atoms with E-state index < -0.39 is 0 Å². The minimum atomic E-state index is 0.304. The lowest BCUT2D eigenvalue weighted by Gasteiger charge is -2.22. The third-order valence-electron chi connectivity index (χ3n) is 2.83. The van der Waals surface area contributed by atoms with Gasteiger partial charge in [-0.25, -0.2) is 4.98 Å². The van der Waals surface area contributed by atoms with Crippen LogP contribution in [0.3, 0.4) is 0 Å². The molecule has 1 saturated heterocycles. The van der Waals surface area contributed by atoms with Crippen molar-refractivity contribution in [3.8, 4) is 11.9 Å². The number of nitrogens with zero attached hydrogens (tertiary/aromatic N) is 2. The van der Waals surface area contributed by atoms with Gasteiger partial charge in [-0.2, -0.15) is 5.26 Å². The number of halogens is 1. The van der Waals surface area contributed by atoms with Gasteiger partial charge in [0.15, 0.2) is 0 Å². The highest BCUT2D eigenvalue weighted by atomic mass is 35.5. The maximum atomic E-state index is 8.83. The molecule has 2 heterocycles. The van der Waals surface area contributed by atoms with E-state index in [4.69, 9.17) is 21.6 Å². The minimum absolute atomic E-state index is 0.304. The summed E-state index contributed by atoms with van der Waals surface area (Å²) in [5.74, 6) is 0.851. The molecule has 1 aliphatic heterocycles. The molecule has 1 aromatic rings. The van der Waals surface area contributed by atoms with Gasteiger partial charge in [0.1, 0.15) is 11.1 Å². The van der Waals surface area contributed by atoms with Crippen LogP contribution in [0.25, 0.3) is 0 Å². The van der Waals surface area contributed by atoms with Gasteiger partial charge in [-0.1, -0.05) is 11.6 Å². The van der Waals surface area contributed by atoms with E-state index in [0.29, 0.717) is 29.0 Å². The monoisotopic (exact) mass is 251 g/mol. The fourth-order valence-electron chi connectivity index (χ4n) is 1.87. The van der Waals surface area contributed by atoms with E-state index in [1.807, 2.05) is 6.07 Å². The van der Waals surface area contributed by atoms with Crippen molar-refractivity contribution in [1.29, 1.82) is 5.26 Å². The summed E-state index contributed by atoms with van der Waals surface area (Å²) in [7, 11) is 0. The summed E-state index contributed by atoms with van der Waals surface area (Å²) in [4.78, 5) is 4.05. The first kappa shape index (κ1) is 12.2. The van der Waals surface area contributed by atoms with Crippen molar-refractivity contribution in [3.05, 3.63) is 22.8 Å². The van der Waals surface area contributed by atoms with Crippen LogP contribution < -0.4 is 10.1 Å². The first-order valence-corrected chi connectivity index (χ1v) is 6.07. The summed E-state index contributed by atoms with van der Waals surface area (Å²) in [6.07, 6.45) is 3.87.